The van der Waals surface area contributed by atoms with E-state index in [2.05, 4.69) is 10.2 Å². The maximum absolute atomic E-state index is 12.8. The maximum Gasteiger partial charge on any atom is 0.269 e. The van der Waals surface area contributed by atoms with E-state index in [1.165, 1.54) is 25.7 Å². The summed E-state index contributed by atoms with van der Waals surface area (Å²) in [6.45, 7) is 1.96. The summed E-state index contributed by atoms with van der Waals surface area (Å²) in [5.41, 5.74) is 2.19. The normalized spacial score (nSPS) is 22.7. The molecule has 0 bridgehead atoms. The van der Waals surface area contributed by atoms with Crippen LogP contribution in [0, 0.1) is 22.0 Å². The molecule has 2 fully saturated rings. The van der Waals surface area contributed by atoms with Gasteiger partial charge in [0.25, 0.3) is 5.69 Å². The highest BCUT2D eigenvalue weighted by Crippen LogP contribution is 2.34. The number of methoxy groups -OCH3 is 1. The minimum atomic E-state index is -0.352. The van der Waals surface area contributed by atoms with E-state index in [-0.39, 0.29) is 22.6 Å². The number of hydrogen-bond acceptors (Lipinski definition) is 5. The zero-order chi connectivity index (χ0) is 23.9. The average Bonchev–Trinajstić information content (AvgIpc) is 2.86. The molecule has 1 N–H and O–H groups in total. The summed E-state index contributed by atoms with van der Waals surface area (Å²) < 4.78 is 5.20. The Morgan fingerprint density at radius 3 is 2.50 bits per heavy atom. The van der Waals surface area contributed by atoms with E-state index in [1.807, 2.05) is 36.4 Å². The minimum Gasteiger partial charge on any atom is -0.497 e. The summed E-state index contributed by atoms with van der Waals surface area (Å²) in [5, 5.41) is 14.3. The standard InChI is InChI=1S/C27H35N3O4/c1-34-25-14-8-20(9-15-25)18-27(31)28-26-7-3-2-6-22(26)17-21-5-4-16-29(19-21)23-10-12-24(13-11-23)30(32)33/h8-15,21-22,26H,2-7,16-19H2,1H3,(H,28,31)/t21?,22-,26+/m0/s1. The molecule has 2 aromatic carbocycles. The van der Waals surface area contributed by atoms with Gasteiger partial charge in [0, 0.05) is 37.0 Å². The molecule has 1 unspecified atom stereocenters. The number of benzene rings is 2. The molecule has 1 heterocycles. The van der Waals surface area contributed by atoms with E-state index in [1.54, 1.807) is 19.2 Å². The van der Waals surface area contributed by atoms with E-state index in [0.717, 1.165) is 49.4 Å². The molecular weight excluding hydrogens is 430 g/mol. The summed E-state index contributed by atoms with van der Waals surface area (Å²) in [6.07, 6.45) is 8.47. The minimum absolute atomic E-state index is 0.0956. The van der Waals surface area contributed by atoms with Gasteiger partial charge in [-0.2, -0.15) is 0 Å². The lowest BCUT2D eigenvalue weighted by Gasteiger charge is -2.39. The number of nitro groups is 1. The number of nitro benzene ring substituents is 1. The highest BCUT2D eigenvalue weighted by Gasteiger charge is 2.30. The number of rotatable bonds is 8. The smallest absolute Gasteiger partial charge is 0.269 e. The Morgan fingerprint density at radius 2 is 1.79 bits per heavy atom. The van der Waals surface area contributed by atoms with Crippen molar-refractivity contribution in [3.63, 3.8) is 0 Å². The molecule has 0 spiro atoms. The molecule has 34 heavy (non-hydrogen) atoms. The van der Waals surface area contributed by atoms with Crippen LogP contribution in [0.5, 0.6) is 5.75 Å². The Kier molecular flexibility index (Phi) is 8.03. The summed E-state index contributed by atoms with van der Waals surface area (Å²) in [6, 6.07) is 14.8. The summed E-state index contributed by atoms with van der Waals surface area (Å²) in [5.74, 6) is 1.98. The van der Waals surface area contributed by atoms with Gasteiger partial charge in [-0.25, -0.2) is 0 Å². The van der Waals surface area contributed by atoms with Gasteiger partial charge in [0.2, 0.25) is 5.91 Å². The van der Waals surface area contributed by atoms with E-state index in [9.17, 15) is 14.9 Å². The third-order valence-electron chi connectivity index (χ3n) is 7.36. The zero-order valence-electron chi connectivity index (χ0n) is 19.9. The fraction of sp³-hybridized carbons (Fsp3) is 0.519. The molecule has 4 rings (SSSR count). The zero-order valence-corrected chi connectivity index (χ0v) is 19.9. The van der Waals surface area contributed by atoms with Crippen molar-refractivity contribution in [3.05, 3.63) is 64.2 Å². The molecular formula is C27H35N3O4. The first-order chi connectivity index (χ1) is 16.5. The number of ether oxygens (including phenoxy) is 1. The second-order valence-electron chi connectivity index (χ2n) is 9.71. The highest BCUT2D eigenvalue weighted by atomic mass is 16.6. The van der Waals surface area contributed by atoms with Crippen molar-refractivity contribution in [1.29, 1.82) is 0 Å². The molecule has 0 aromatic heterocycles. The van der Waals surface area contributed by atoms with E-state index in [0.29, 0.717) is 18.3 Å². The van der Waals surface area contributed by atoms with Gasteiger partial charge in [0.1, 0.15) is 5.75 Å². The molecule has 1 aliphatic carbocycles. The van der Waals surface area contributed by atoms with Crippen molar-refractivity contribution in [2.75, 3.05) is 25.1 Å². The van der Waals surface area contributed by atoms with Crippen LogP contribution in [0.4, 0.5) is 11.4 Å². The number of non-ortho nitro benzene ring substituents is 1. The lowest BCUT2D eigenvalue weighted by molar-refractivity contribution is -0.384. The number of anilines is 1. The van der Waals surface area contributed by atoms with Gasteiger partial charge >= 0.3 is 0 Å². The van der Waals surface area contributed by atoms with Gasteiger partial charge in [-0.15, -0.1) is 0 Å². The van der Waals surface area contributed by atoms with Crippen molar-refractivity contribution in [2.24, 2.45) is 11.8 Å². The van der Waals surface area contributed by atoms with Crippen LogP contribution in [0.15, 0.2) is 48.5 Å². The summed E-state index contributed by atoms with van der Waals surface area (Å²) in [4.78, 5) is 25.7. The van der Waals surface area contributed by atoms with Crippen molar-refractivity contribution >= 4 is 17.3 Å². The molecule has 1 saturated carbocycles. The van der Waals surface area contributed by atoms with Crippen LogP contribution in [0.2, 0.25) is 0 Å². The Morgan fingerprint density at radius 1 is 1.06 bits per heavy atom. The Labute approximate surface area is 201 Å². The average molecular weight is 466 g/mol. The largest absolute Gasteiger partial charge is 0.497 e. The molecule has 1 saturated heterocycles. The van der Waals surface area contributed by atoms with Crippen molar-refractivity contribution in [3.8, 4) is 5.75 Å². The third-order valence-corrected chi connectivity index (χ3v) is 7.36. The Bertz CT molecular complexity index is 961. The fourth-order valence-corrected chi connectivity index (χ4v) is 5.57. The molecule has 3 atom stereocenters. The van der Waals surface area contributed by atoms with Crippen molar-refractivity contribution in [1.82, 2.24) is 5.32 Å². The fourth-order valence-electron chi connectivity index (χ4n) is 5.57. The van der Waals surface area contributed by atoms with Crippen LogP contribution in [0.1, 0.15) is 50.5 Å². The van der Waals surface area contributed by atoms with Crippen LogP contribution in [0.25, 0.3) is 0 Å². The molecule has 2 aromatic rings. The number of piperidine rings is 1. The lowest BCUT2D eigenvalue weighted by atomic mass is 9.77. The van der Waals surface area contributed by atoms with Crippen LogP contribution in [-0.4, -0.2) is 37.1 Å². The molecule has 1 amide bonds. The quantitative estimate of drug-likeness (QED) is 0.432. The van der Waals surface area contributed by atoms with E-state index < -0.39 is 0 Å². The van der Waals surface area contributed by atoms with Gasteiger partial charge in [-0.05, 0) is 73.8 Å². The van der Waals surface area contributed by atoms with Gasteiger partial charge < -0.3 is 15.0 Å². The molecule has 2 aliphatic rings. The predicted octanol–water partition coefficient (Wildman–Crippen LogP) is 5.13. The number of nitrogens with zero attached hydrogens (tertiary/aromatic N) is 2. The van der Waals surface area contributed by atoms with Crippen LogP contribution >= 0.6 is 0 Å². The molecule has 0 radical (unpaired) electrons. The van der Waals surface area contributed by atoms with Gasteiger partial charge in [0.15, 0.2) is 0 Å². The van der Waals surface area contributed by atoms with Crippen LogP contribution in [0.3, 0.4) is 0 Å². The van der Waals surface area contributed by atoms with Gasteiger partial charge in [-0.1, -0.05) is 25.0 Å². The summed E-state index contributed by atoms with van der Waals surface area (Å²) >= 11 is 0. The molecule has 7 nitrogen and oxygen atoms in total. The molecule has 182 valence electrons. The van der Waals surface area contributed by atoms with E-state index in [4.69, 9.17) is 4.74 Å². The Hall–Kier alpha value is -3.09. The topological polar surface area (TPSA) is 84.7 Å². The first-order valence-corrected chi connectivity index (χ1v) is 12.4. The Balaban J connectivity index is 1.32. The first kappa shape index (κ1) is 24.0. The second-order valence-corrected chi connectivity index (χ2v) is 9.71. The lowest BCUT2D eigenvalue weighted by Crippen LogP contribution is -2.44. The van der Waals surface area contributed by atoms with Crippen molar-refractivity contribution < 1.29 is 14.5 Å². The van der Waals surface area contributed by atoms with Crippen LogP contribution in [-0.2, 0) is 11.2 Å². The predicted molar refractivity (Wildman–Crippen MR) is 133 cm³/mol. The van der Waals surface area contributed by atoms with Crippen molar-refractivity contribution in [2.45, 2.75) is 57.4 Å². The summed E-state index contributed by atoms with van der Waals surface area (Å²) in [7, 11) is 1.64. The number of hydrogen-bond donors (Lipinski definition) is 1. The number of amides is 1. The van der Waals surface area contributed by atoms with Gasteiger partial charge in [0.05, 0.1) is 18.5 Å². The molecule has 1 aliphatic heterocycles. The maximum atomic E-state index is 12.8. The second kappa shape index (κ2) is 11.4. The van der Waals surface area contributed by atoms with E-state index >= 15 is 0 Å². The highest BCUT2D eigenvalue weighted by molar-refractivity contribution is 5.79. The van der Waals surface area contributed by atoms with Gasteiger partial charge in [-0.3, -0.25) is 14.9 Å². The third kappa shape index (κ3) is 6.27. The SMILES string of the molecule is COc1ccc(CC(=O)N[C@@H]2CCCC[C@H]2CC2CCCN(c3ccc([N+](=O)[O-])cc3)C2)cc1. The number of carbonyl (C=O) groups is 1. The molecule has 7 heteroatoms. The number of carbonyl (C=O) groups excluding carboxylic acids is 1. The number of nitrogens with one attached hydrogen (secondary N) is 1. The van der Waals surface area contributed by atoms with Crippen LogP contribution < -0.4 is 15.0 Å². The first-order valence-electron chi connectivity index (χ1n) is 12.4. The monoisotopic (exact) mass is 465 g/mol.